The largest absolute Gasteiger partial charge is 0.383 e. The van der Waals surface area contributed by atoms with Crippen molar-refractivity contribution in [2.75, 3.05) is 46.4 Å². The van der Waals surface area contributed by atoms with Gasteiger partial charge in [0, 0.05) is 45.4 Å². The molecule has 2 aliphatic rings. The van der Waals surface area contributed by atoms with Crippen LogP contribution in [0.2, 0.25) is 0 Å². The first-order valence-electron chi connectivity index (χ1n) is 10.9. The Morgan fingerprint density at radius 1 is 1.22 bits per heavy atom. The van der Waals surface area contributed by atoms with Crippen molar-refractivity contribution in [1.82, 2.24) is 24.7 Å². The van der Waals surface area contributed by atoms with Gasteiger partial charge in [0.05, 0.1) is 17.4 Å². The van der Waals surface area contributed by atoms with E-state index in [2.05, 4.69) is 20.4 Å². The number of piperidine rings is 1. The van der Waals surface area contributed by atoms with E-state index in [1.54, 1.807) is 31.4 Å². The Kier molecular flexibility index (Phi) is 7.39. The molecule has 0 spiro atoms. The van der Waals surface area contributed by atoms with Crippen LogP contribution in [-0.2, 0) is 14.8 Å². The highest BCUT2D eigenvalue weighted by atomic mass is 32.2. The number of aromatic nitrogens is 2. The lowest BCUT2D eigenvalue weighted by atomic mass is 9.98. The standard InChI is InChI=1S/C21H29N5O4S2/c1-29-14-10-22-21(31)25-11-4-5-17(15-25)20-23-19(24-30-20)16-6-8-18(9-7-16)32(27,28)26-12-2-3-13-26/h6-9,17H,2-5,10-15H2,1H3,(H,22,31). The third-order valence-electron chi connectivity index (χ3n) is 5.90. The van der Waals surface area contributed by atoms with E-state index >= 15 is 0 Å². The Morgan fingerprint density at radius 2 is 1.97 bits per heavy atom. The predicted octanol–water partition coefficient (Wildman–Crippen LogP) is 2.22. The Balaban J connectivity index is 1.41. The van der Waals surface area contributed by atoms with Crippen LogP contribution in [0.25, 0.3) is 11.4 Å². The number of likely N-dealkylation sites (tertiary alicyclic amines) is 1. The third kappa shape index (κ3) is 5.11. The highest BCUT2D eigenvalue weighted by Gasteiger charge is 2.29. The number of hydrogen-bond acceptors (Lipinski definition) is 7. The number of nitrogens with zero attached hydrogens (tertiary/aromatic N) is 4. The normalized spacial score (nSPS) is 19.9. The van der Waals surface area contributed by atoms with E-state index in [4.69, 9.17) is 21.5 Å². The number of nitrogens with one attached hydrogen (secondary N) is 1. The van der Waals surface area contributed by atoms with Crippen LogP contribution in [0.1, 0.15) is 37.5 Å². The van der Waals surface area contributed by atoms with Gasteiger partial charge >= 0.3 is 0 Å². The molecular formula is C21H29N5O4S2. The molecule has 174 valence electrons. The molecule has 1 N–H and O–H groups in total. The lowest BCUT2D eigenvalue weighted by molar-refractivity contribution is 0.201. The number of ether oxygens (including phenoxy) is 1. The molecule has 0 saturated carbocycles. The summed E-state index contributed by atoms with van der Waals surface area (Å²) >= 11 is 5.49. The van der Waals surface area contributed by atoms with E-state index in [-0.39, 0.29) is 5.92 Å². The van der Waals surface area contributed by atoms with Crippen molar-refractivity contribution >= 4 is 27.4 Å². The van der Waals surface area contributed by atoms with E-state index in [9.17, 15) is 8.42 Å². The summed E-state index contributed by atoms with van der Waals surface area (Å²) in [7, 11) is -1.77. The van der Waals surface area contributed by atoms with Gasteiger partial charge in [-0.25, -0.2) is 8.42 Å². The van der Waals surface area contributed by atoms with Crippen LogP contribution in [-0.4, -0.2) is 79.3 Å². The minimum Gasteiger partial charge on any atom is -0.383 e. The maximum atomic E-state index is 12.7. The van der Waals surface area contributed by atoms with Crippen molar-refractivity contribution in [3.05, 3.63) is 30.2 Å². The quantitative estimate of drug-likeness (QED) is 0.473. The molecule has 0 amide bonds. The average molecular weight is 480 g/mol. The molecule has 3 heterocycles. The number of sulfonamides is 1. The summed E-state index contributed by atoms with van der Waals surface area (Å²) in [6, 6.07) is 6.70. The van der Waals surface area contributed by atoms with Gasteiger partial charge < -0.3 is 19.5 Å². The van der Waals surface area contributed by atoms with E-state index in [1.165, 1.54) is 4.31 Å². The Bertz CT molecular complexity index is 1020. The average Bonchev–Trinajstić information content (AvgIpc) is 3.52. The number of methoxy groups -OCH3 is 1. The molecule has 1 aromatic carbocycles. The van der Waals surface area contributed by atoms with Crippen molar-refractivity contribution in [1.29, 1.82) is 0 Å². The molecule has 2 fully saturated rings. The predicted molar refractivity (Wildman–Crippen MR) is 124 cm³/mol. The van der Waals surface area contributed by atoms with Crippen LogP contribution in [0.4, 0.5) is 0 Å². The second kappa shape index (κ2) is 10.2. The summed E-state index contributed by atoms with van der Waals surface area (Å²) < 4.78 is 37.6. The van der Waals surface area contributed by atoms with E-state index in [0.717, 1.165) is 37.8 Å². The van der Waals surface area contributed by atoms with Crippen LogP contribution >= 0.6 is 12.2 Å². The molecule has 2 aliphatic heterocycles. The first-order chi connectivity index (χ1) is 15.5. The van der Waals surface area contributed by atoms with Crippen LogP contribution in [0.3, 0.4) is 0 Å². The van der Waals surface area contributed by atoms with Gasteiger partial charge in [0.25, 0.3) is 0 Å². The van der Waals surface area contributed by atoms with Gasteiger partial charge in [-0.3, -0.25) is 0 Å². The molecular weight excluding hydrogens is 450 g/mol. The van der Waals surface area contributed by atoms with E-state index in [1.807, 2.05) is 0 Å². The molecule has 0 radical (unpaired) electrons. The fourth-order valence-electron chi connectivity index (χ4n) is 4.11. The number of thiocarbonyl (C=S) groups is 1. The zero-order chi connectivity index (χ0) is 22.6. The molecule has 4 rings (SSSR count). The van der Waals surface area contributed by atoms with Crippen LogP contribution in [0.5, 0.6) is 0 Å². The molecule has 9 nitrogen and oxygen atoms in total. The maximum Gasteiger partial charge on any atom is 0.243 e. The fourth-order valence-corrected chi connectivity index (χ4v) is 5.89. The monoisotopic (exact) mass is 479 g/mol. The lowest BCUT2D eigenvalue weighted by Gasteiger charge is -2.33. The molecule has 1 atom stereocenters. The van der Waals surface area contributed by atoms with Gasteiger partial charge in [0.1, 0.15) is 0 Å². The SMILES string of the molecule is COCCNC(=S)N1CCCC(c2nc(-c3ccc(S(=O)(=O)N4CCCC4)cc3)no2)C1. The van der Waals surface area contributed by atoms with Gasteiger partial charge in [-0.15, -0.1) is 0 Å². The Labute approximate surface area is 194 Å². The van der Waals surface area contributed by atoms with Gasteiger partial charge in [0.2, 0.25) is 21.7 Å². The Morgan fingerprint density at radius 3 is 2.69 bits per heavy atom. The summed E-state index contributed by atoms with van der Waals surface area (Å²) in [4.78, 5) is 7.02. The topological polar surface area (TPSA) is 101 Å². The van der Waals surface area contributed by atoms with E-state index in [0.29, 0.717) is 54.5 Å². The maximum absolute atomic E-state index is 12.7. The Hall–Kier alpha value is -2.08. The molecule has 1 unspecified atom stereocenters. The molecule has 2 saturated heterocycles. The molecule has 2 aromatic rings. The van der Waals surface area contributed by atoms with E-state index < -0.39 is 10.0 Å². The summed E-state index contributed by atoms with van der Waals surface area (Å²) in [5, 5.41) is 8.05. The summed E-state index contributed by atoms with van der Waals surface area (Å²) in [6.45, 7) is 4.05. The summed E-state index contributed by atoms with van der Waals surface area (Å²) in [5.74, 6) is 1.14. The van der Waals surface area contributed by atoms with Gasteiger partial charge in [-0.1, -0.05) is 5.16 Å². The highest BCUT2D eigenvalue weighted by Crippen LogP contribution is 2.28. The molecule has 0 aliphatic carbocycles. The molecule has 11 heteroatoms. The number of hydrogen-bond donors (Lipinski definition) is 1. The minimum absolute atomic E-state index is 0.0991. The number of benzene rings is 1. The van der Waals surface area contributed by atoms with Gasteiger partial charge in [-0.05, 0) is 62.2 Å². The lowest BCUT2D eigenvalue weighted by Crippen LogP contribution is -2.45. The van der Waals surface area contributed by atoms with Crippen LogP contribution in [0, 0.1) is 0 Å². The van der Waals surface area contributed by atoms with Crippen molar-refractivity contribution in [3.8, 4) is 11.4 Å². The van der Waals surface area contributed by atoms with Crippen molar-refractivity contribution in [2.24, 2.45) is 0 Å². The molecule has 0 bridgehead atoms. The summed E-state index contributed by atoms with van der Waals surface area (Å²) in [6.07, 6.45) is 3.76. The van der Waals surface area contributed by atoms with Crippen LogP contribution < -0.4 is 5.32 Å². The summed E-state index contributed by atoms with van der Waals surface area (Å²) in [5.41, 5.74) is 0.727. The van der Waals surface area contributed by atoms with Crippen LogP contribution in [0.15, 0.2) is 33.7 Å². The smallest absolute Gasteiger partial charge is 0.243 e. The molecule has 32 heavy (non-hydrogen) atoms. The zero-order valence-electron chi connectivity index (χ0n) is 18.2. The second-order valence-electron chi connectivity index (χ2n) is 8.10. The highest BCUT2D eigenvalue weighted by molar-refractivity contribution is 7.89. The fraction of sp³-hybridized carbons (Fsp3) is 0.571. The minimum atomic E-state index is -3.43. The van der Waals surface area contributed by atoms with Crippen molar-refractivity contribution in [2.45, 2.75) is 36.5 Å². The van der Waals surface area contributed by atoms with Crippen molar-refractivity contribution < 1.29 is 17.7 Å². The van der Waals surface area contributed by atoms with Gasteiger partial charge in [-0.2, -0.15) is 9.29 Å². The van der Waals surface area contributed by atoms with Gasteiger partial charge in [0.15, 0.2) is 5.11 Å². The molecule has 1 aromatic heterocycles. The number of rotatable bonds is 7. The van der Waals surface area contributed by atoms with Crippen molar-refractivity contribution in [3.63, 3.8) is 0 Å². The second-order valence-corrected chi connectivity index (χ2v) is 10.4. The zero-order valence-corrected chi connectivity index (χ0v) is 19.8. The first-order valence-corrected chi connectivity index (χ1v) is 12.8. The first kappa shape index (κ1) is 23.1. The third-order valence-corrected chi connectivity index (χ3v) is 8.21.